The van der Waals surface area contributed by atoms with E-state index in [1.165, 1.54) is 46.9 Å². The fourth-order valence-electron chi connectivity index (χ4n) is 6.11. The second-order valence-corrected chi connectivity index (χ2v) is 12.4. The molecule has 0 spiro atoms. The Morgan fingerprint density at radius 1 is 1.19 bits per heavy atom. The van der Waals surface area contributed by atoms with E-state index in [4.69, 9.17) is 4.98 Å². The molecule has 2 aliphatic rings. The Balaban J connectivity index is 1.49. The van der Waals surface area contributed by atoms with E-state index in [1.54, 1.807) is 11.6 Å². The van der Waals surface area contributed by atoms with Gasteiger partial charge in [-0.1, -0.05) is 13.8 Å². The van der Waals surface area contributed by atoms with Gasteiger partial charge in [-0.15, -0.1) is 22.7 Å². The third-order valence-electron chi connectivity index (χ3n) is 8.29. The Morgan fingerprint density at radius 3 is 2.62 bits per heavy atom. The number of rotatable bonds is 6. The summed E-state index contributed by atoms with van der Waals surface area (Å²) < 4.78 is 13.3. The third-order valence-corrected chi connectivity index (χ3v) is 9.99. The number of carbonyl (C=O) groups excluding carboxylic acids is 2. The molecule has 0 aliphatic heterocycles. The molecule has 1 aromatic carbocycles. The zero-order chi connectivity index (χ0) is 26.4. The predicted octanol–water partition coefficient (Wildman–Crippen LogP) is 4.44. The van der Waals surface area contributed by atoms with E-state index in [0.29, 0.717) is 35.1 Å². The van der Waals surface area contributed by atoms with Crippen LogP contribution in [0.15, 0.2) is 35.8 Å². The minimum absolute atomic E-state index is 0.0972. The van der Waals surface area contributed by atoms with Crippen molar-refractivity contribution in [1.29, 1.82) is 0 Å². The van der Waals surface area contributed by atoms with Gasteiger partial charge in [0.15, 0.2) is 10.3 Å². The van der Waals surface area contributed by atoms with Gasteiger partial charge in [-0.25, -0.2) is 14.4 Å². The summed E-state index contributed by atoms with van der Waals surface area (Å²) in [6.07, 6.45) is 2.90. The minimum atomic E-state index is -0.740. The normalized spacial score (nSPS) is 28.7. The summed E-state index contributed by atoms with van der Waals surface area (Å²) in [5.74, 6) is -1.39. The van der Waals surface area contributed by atoms with Crippen LogP contribution in [-0.2, 0) is 11.2 Å². The zero-order valence-corrected chi connectivity index (χ0v) is 22.2. The molecule has 1 saturated carbocycles. The van der Waals surface area contributed by atoms with Crippen molar-refractivity contribution in [2.24, 2.45) is 16.7 Å². The van der Waals surface area contributed by atoms with Crippen LogP contribution in [0.3, 0.4) is 0 Å². The largest absolute Gasteiger partial charge is 0.396 e. The molecule has 5 atom stereocenters. The number of hydrogen-bond donors (Lipinski definition) is 4. The molecule has 0 saturated heterocycles. The summed E-state index contributed by atoms with van der Waals surface area (Å²) in [7, 11) is 0. The van der Waals surface area contributed by atoms with E-state index in [0.717, 1.165) is 10.6 Å². The summed E-state index contributed by atoms with van der Waals surface area (Å²) in [5.41, 5.74) is -0.0679. The van der Waals surface area contributed by atoms with Crippen molar-refractivity contribution in [3.8, 4) is 0 Å². The summed E-state index contributed by atoms with van der Waals surface area (Å²) in [6, 6.07) is 5.28. The maximum absolute atomic E-state index is 13.3. The first-order valence-electron chi connectivity index (χ1n) is 12.2. The zero-order valence-electron chi connectivity index (χ0n) is 20.5. The van der Waals surface area contributed by atoms with Crippen molar-refractivity contribution >= 4 is 44.8 Å². The van der Waals surface area contributed by atoms with Crippen LogP contribution >= 0.6 is 22.7 Å². The Hall–Kier alpha value is -2.73. The number of hydrogen-bond acceptors (Lipinski definition) is 8. The molecule has 5 rings (SSSR count). The summed E-state index contributed by atoms with van der Waals surface area (Å²) in [5, 5.41) is 29.7. The number of fused-ring (bicyclic) bond motifs is 2. The molecule has 2 aromatic heterocycles. The first kappa shape index (κ1) is 25.9. The van der Waals surface area contributed by atoms with Crippen molar-refractivity contribution in [3.63, 3.8) is 0 Å². The van der Waals surface area contributed by atoms with Gasteiger partial charge in [0.2, 0.25) is 5.91 Å². The number of halogens is 1. The van der Waals surface area contributed by atoms with Gasteiger partial charge in [0.25, 0.3) is 5.91 Å². The molecule has 1 fully saturated rings. The number of aliphatic hydroxyl groups is 2. The summed E-state index contributed by atoms with van der Waals surface area (Å²) >= 11 is 2.68. The lowest BCUT2D eigenvalue weighted by Crippen LogP contribution is -2.57. The molecular weight excluding hydrogens is 515 g/mol. The molecule has 5 unspecified atom stereocenters. The van der Waals surface area contributed by atoms with Crippen molar-refractivity contribution in [2.45, 2.75) is 51.6 Å². The Morgan fingerprint density at radius 2 is 1.95 bits per heavy atom. The number of carbonyl (C=O) groups is 2. The maximum Gasteiger partial charge on any atom is 0.257 e. The van der Waals surface area contributed by atoms with Crippen LogP contribution < -0.4 is 10.6 Å². The highest BCUT2D eigenvalue weighted by atomic mass is 32.1. The highest BCUT2D eigenvalue weighted by Crippen LogP contribution is 2.62. The minimum Gasteiger partial charge on any atom is -0.396 e. The smallest absolute Gasteiger partial charge is 0.257 e. The quantitative estimate of drug-likeness (QED) is 0.364. The van der Waals surface area contributed by atoms with E-state index >= 15 is 0 Å². The number of thiazole rings is 2. The van der Waals surface area contributed by atoms with E-state index in [-0.39, 0.29) is 30.8 Å². The molecule has 4 N–H and O–H groups in total. The molecular formula is C26H29FN4O4S2. The number of anilines is 2. The standard InChI is InChI=1S/C26H29FN4O4S2/c1-25-8-7-19(33)26(2,13-32)18(25)12-17-21(16(25)11-20(34)29-23-28-9-10-36-23)30-24(37-17)31-22(35)14-3-5-15(27)6-4-14/h3-6,9-10,16,18-19,32-33H,7-8,11-13H2,1-2H3,(H,28,29,34)(H,30,31,35). The lowest BCUT2D eigenvalue weighted by Gasteiger charge is -2.58. The highest BCUT2D eigenvalue weighted by Gasteiger charge is 2.59. The molecule has 2 heterocycles. The number of aliphatic hydroxyl groups excluding tert-OH is 2. The summed E-state index contributed by atoms with van der Waals surface area (Å²) in [6.45, 7) is 3.86. The van der Waals surface area contributed by atoms with Crippen LogP contribution in [0.2, 0.25) is 0 Å². The molecule has 196 valence electrons. The second-order valence-electron chi connectivity index (χ2n) is 10.4. The van der Waals surface area contributed by atoms with E-state index in [2.05, 4.69) is 22.5 Å². The summed E-state index contributed by atoms with van der Waals surface area (Å²) in [4.78, 5) is 35.8. The lowest BCUT2D eigenvalue weighted by atomic mass is 9.47. The van der Waals surface area contributed by atoms with Crippen LogP contribution in [0.5, 0.6) is 0 Å². The number of amides is 2. The first-order chi connectivity index (χ1) is 17.6. The number of benzene rings is 1. The van der Waals surface area contributed by atoms with Crippen molar-refractivity contribution in [3.05, 3.63) is 57.8 Å². The third kappa shape index (κ3) is 4.69. The average molecular weight is 545 g/mol. The van der Waals surface area contributed by atoms with Crippen LogP contribution in [0.4, 0.5) is 14.7 Å². The highest BCUT2D eigenvalue weighted by molar-refractivity contribution is 7.16. The fourth-order valence-corrected chi connectivity index (χ4v) is 7.72. The molecule has 2 aliphatic carbocycles. The van der Waals surface area contributed by atoms with Gasteiger partial charge >= 0.3 is 0 Å². The van der Waals surface area contributed by atoms with Gasteiger partial charge in [0, 0.05) is 39.8 Å². The van der Waals surface area contributed by atoms with Crippen LogP contribution in [0.25, 0.3) is 0 Å². The molecule has 2 amide bonds. The monoisotopic (exact) mass is 544 g/mol. The molecule has 0 bridgehead atoms. The van der Waals surface area contributed by atoms with E-state index in [1.807, 2.05) is 6.92 Å². The van der Waals surface area contributed by atoms with E-state index < -0.39 is 28.7 Å². The van der Waals surface area contributed by atoms with E-state index in [9.17, 15) is 24.2 Å². The number of nitrogens with one attached hydrogen (secondary N) is 2. The Bertz CT molecular complexity index is 1300. The first-order valence-corrected chi connectivity index (χ1v) is 13.9. The van der Waals surface area contributed by atoms with Gasteiger partial charge < -0.3 is 15.5 Å². The van der Waals surface area contributed by atoms with Crippen molar-refractivity contribution < 1.29 is 24.2 Å². The maximum atomic E-state index is 13.3. The van der Waals surface area contributed by atoms with Crippen molar-refractivity contribution in [2.75, 3.05) is 17.2 Å². The molecule has 37 heavy (non-hydrogen) atoms. The van der Waals surface area contributed by atoms with Crippen LogP contribution in [0.1, 0.15) is 60.0 Å². The average Bonchev–Trinajstić information content (AvgIpc) is 3.53. The Kier molecular flexibility index (Phi) is 6.90. The predicted molar refractivity (Wildman–Crippen MR) is 140 cm³/mol. The topological polar surface area (TPSA) is 124 Å². The second kappa shape index (κ2) is 9.86. The molecule has 3 aromatic rings. The van der Waals surface area contributed by atoms with Gasteiger partial charge in [-0.3, -0.25) is 14.9 Å². The van der Waals surface area contributed by atoms with Crippen LogP contribution in [-0.4, -0.2) is 44.7 Å². The van der Waals surface area contributed by atoms with Gasteiger partial charge in [0.05, 0.1) is 18.4 Å². The number of nitrogens with zero attached hydrogens (tertiary/aromatic N) is 2. The SMILES string of the molecule is CC1(CO)C(O)CCC2(C)C(CC(=O)Nc3nccs3)c3nc(NC(=O)c4ccc(F)cc4)sc3CC12. The molecule has 8 nitrogen and oxygen atoms in total. The van der Waals surface area contributed by atoms with Gasteiger partial charge in [-0.2, -0.15) is 0 Å². The fraction of sp³-hybridized carbons (Fsp3) is 0.462. The van der Waals surface area contributed by atoms with Crippen molar-refractivity contribution in [1.82, 2.24) is 9.97 Å². The van der Waals surface area contributed by atoms with Crippen LogP contribution in [0, 0.1) is 22.6 Å². The van der Waals surface area contributed by atoms with Gasteiger partial charge in [-0.05, 0) is 54.9 Å². The van der Waals surface area contributed by atoms with Gasteiger partial charge in [0.1, 0.15) is 5.82 Å². The molecule has 11 heteroatoms. The lowest BCUT2D eigenvalue weighted by molar-refractivity contribution is -0.143. The molecule has 0 radical (unpaired) electrons. The Labute approximate surface area is 222 Å². The number of aromatic nitrogens is 2.